The molecule has 1 aromatic carbocycles. The minimum atomic E-state index is 0.636. The van der Waals surface area contributed by atoms with Crippen molar-refractivity contribution in [3.05, 3.63) is 41.7 Å². The van der Waals surface area contributed by atoms with Crippen LogP contribution in [0.3, 0.4) is 0 Å². The van der Waals surface area contributed by atoms with Gasteiger partial charge in [-0.2, -0.15) is 0 Å². The van der Waals surface area contributed by atoms with Gasteiger partial charge in [-0.1, -0.05) is 23.4 Å². The molecule has 0 spiro atoms. The Labute approximate surface area is 143 Å². The van der Waals surface area contributed by atoms with Gasteiger partial charge in [0, 0.05) is 25.6 Å². The normalized spacial score (nSPS) is 21.5. The largest absolute Gasteiger partial charge is 0.381 e. The van der Waals surface area contributed by atoms with Crippen molar-refractivity contribution < 1.29 is 4.74 Å². The van der Waals surface area contributed by atoms with Gasteiger partial charge in [-0.3, -0.25) is 4.90 Å². The second-order valence-electron chi connectivity index (χ2n) is 6.99. The summed E-state index contributed by atoms with van der Waals surface area (Å²) in [5.41, 5.74) is 3.61. The third-order valence-electron chi connectivity index (χ3n) is 5.04. The van der Waals surface area contributed by atoms with Crippen molar-refractivity contribution in [2.75, 3.05) is 26.3 Å². The van der Waals surface area contributed by atoms with E-state index in [0.29, 0.717) is 11.8 Å². The zero-order chi connectivity index (χ0) is 16.4. The Morgan fingerprint density at radius 1 is 1.17 bits per heavy atom. The van der Waals surface area contributed by atoms with Gasteiger partial charge in [-0.15, -0.1) is 5.10 Å². The molecular formula is C19H26N4O. The van der Waals surface area contributed by atoms with E-state index in [1.54, 1.807) is 0 Å². The second kappa shape index (κ2) is 7.03. The highest BCUT2D eigenvalue weighted by atomic mass is 16.5. The molecular weight excluding hydrogens is 300 g/mol. The Morgan fingerprint density at radius 2 is 2.00 bits per heavy atom. The van der Waals surface area contributed by atoms with Gasteiger partial charge in [0.2, 0.25) is 0 Å². The van der Waals surface area contributed by atoms with E-state index in [1.165, 1.54) is 30.7 Å². The number of hydrogen-bond donors (Lipinski definition) is 0. The minimum absolute atomic E-state index is 0.636. The van der Waals surface area contributed by atoms with Crippen LogP contribution in [0.4, 0.5) is 0 Å². The van der Waals surface area contributed by atoms with Crippen molar-refractivity contribution in [3.63, 3.8) is 0 Å². The number of nitrogens with zero attached hydrogens (tertiary/aromatic N) is 4. The molecule has 2 heterocycles. The average Bonchev–Trinajstić information content (AvgIpc) is 3.22. The molecule has 0 radical (unpaired) electrons. The highest BCUT2D eigenvalue weighted by molar-refractivity contribution is 5.35. The fraction of sp³-hybridized carbons (Fsp3) is 0.579. The summed E-state index contributed by atoms with van der Waals surface area (Å²) >= 11 is 0. The monoisotopic (exact) mass is 326 g/mol. The lowest BCUT2D eigenvalue weighted by Crippen LogP contribution is -2.22. The molecule has 4 rings (SSSR count). The van der Waals surface area contributed by atoms with Crippen molar-refractivity contribution >= 4 is 0 Å². The summed E-state index contributed by atoms with van der Waals surface area (Å²) in [7, 11) is 0. The quantitative estimate of drug-likeness (QED) is 0.784. The first-order valence-electron chi connectivity index (χ1n) is 9.15. The molecule has 1 saturated carbocycles. The summed E-state index contributed by atoms with van der Waals surface area (Å²) in [5, 5.41) is 9.02. The van der Waals surface area contributed by atoms with Crippen LogP contribution >= 0.6 is 0 Å². The van der Waals surface area contributed by atoms with E-state index in [0.717, 1.165) is 38.5 Å². The Hall–Kier alpha value is -1.72. The maximum atomic E-state index is 5.59. The minimum Gasteiger partial charge on any atom is -0.381 e. The van der Waals surface area contributed by atoms with Crippen LogP contribution in [0.2, 0.25) is 0 Å². The van der Waals surface area contributed by atoms with Gasteiger partial charge in [0.15, 0.2) is 0 Å². The van der Waals surface area contributed by atoms with Gasteiger partial charge < -0.3 is 4.74 Å². The Bertz CT molecular complexity index is 665. The fourth-order valence-electron chi connectivity index (χ4n) is 3.65. The molecule has 1 aromatic heterocycles. The summed E-state index contributed by atoms with van der Waals surface area (Å²) in [5.74, 6) is 1.30. The molecule has 5 nitrogen and oxygen atoms in total. The highest BCUT2D eigenvalue weighted by Gasteiger charge is 2.33. The highest BCUT2D eigenvalue weighted by Crippen LogP contribution is 2.42. The molecule has 1 aliphatic heterocycles. The smallest absolute Gasteiger partial charge is 0.101 e. The number of rotatable bonds is 7. The SMILES string of the molecule is CCOCC1CCN(Cc2nnn(-c3ccccc3)c2C2CC2)C1. The van der Waals surface area contributed by atoms with Gasteiger partial charge >= 0.3 is 0 Å². The van der Waals surface area contributed by atoms with E-state index in [9.17, 15) is 0 Å². The Morgan fingerprint density at radius 3 is 2.75 bits per heavy atom. The van der Waals surface area contributed by atoms with Crippen LogP contribution in [0.1, 0.15) is 43.5 Å². The van der Waals surface area contributed by atoms with Crippen molar-refractivity contribution in [2.45, 2.75) is 38.6 Å². The van der Waals surface area contributed by atoms with Gasteiger partial charge in [-0.05, 0) is 50.8 Å². The summed E-state index contributed by atoms with van der Waals surface area (Å²) in [4.78, 5) is 2.51. The number of likely N-dealkylation sites (tertiary alicyclic amines) is 1. The van der Waals surface area contributed by atoms with Gasteiger partial charge in [0.05, 0.1) is 18.0 Å². The number of hydrogen-bond acceptors (Lipinski definition) is 4. The third kappa shape index (κ3) is 3.37. The summed E-state index contributed by atoms with van der Waals surface area (Å²) < 4.78 is 7.65. The average molecular weight is 326 g/mol. The van der Waals surface area contributed by atoms with Crippen LogP contribution in [-0.4, -0.2) is 46.2 Å². The van der Waals surface area contributed by atoms with Gasteiger partial charge in [-0.25, -0.2) is 4.68 Å². The first-order valence-corrected chi connectivity index (χ1v) is 9.15. The zero-order valence-corrected chi connectivity index (χ0v) is 14.4. The molecule has 128 valence electrons. The molecule has 0 amide bonds. The second-order valence-corrected chi connectivity index (χ2v) is 6.99. The van der Waals surface area contributed by atoms with Crippen LogP contribution in [0.5, 0.6) is 0 Å². The van der Waals surface area contributed by atoms with E-state index in [2.05, 4.69) is 51.1 Å². The topological polar surface area (TPSA) is 43.2 Å². The molecule has 1 saturated heterocycles. The lowest BCUT2D eigenvalue weighted by molar-refractivity contribution is 0.111. The molecule has 1 aliphatic carbocycles. The van der Waals surface area contributed by atoms with E-state index in [-0.39, 0.29) is 0 Å². The van der Waals surface area contributed by atoms with Gasteiger partial charge in [0.25, 0.3) is 0 Å². The molecule has 1 atom stereocenters. The predicted octanol–water partition coefficient (Wildman–Crippen LogP) is 3.00. The number of para-hydroxylation sites is 1. The molecule has 2 aliphatic rings. The van der Waals surface area contributed by atoms with E-state index >= 15 is 0 Å². The summed E-state index contributed by atoms with van der Waals surface area (Å²) in [6.45, 7) is 6.94. The molecule has 24 heavy (non-hydrogen) atoms. The lowest BCUT2D eigenvalue weighted by atomic mass is 10.1. The van der Waals surface area contributed by atoms with Crippen molar-refractivity contribution in [2.24, 2.45) is 5.92 Å². The van der Waals surface area contributed by atoms with Crippen molar-refractivity contribution in [1.29, 1.82) is 0 Å². The molecule has 0 N–H and O–H groups in total. The first-order chi connectivity index (χ1) is 11.8. The molecule has 0 bridgehead atoms. The maximum absolute atomic E-state index is 5.59. The van der Waals surface area contributed by atoms with Crippen LogP contribution < -0.4 is 0 Å². The molecule has 2 aromatic rings. The van der Waals surface area contributed by atoms with Crippen LogP contribution in [0.15, 0.2) is 30.3 Å². The number of ether oxygens (including phenoxy) is 1. The van der Waals surface area contributed by atoms with Crippen molar-refractivity contribution in [1.82, 2.24) is 19.9 Å². The standard InChI is InChI=1S/C19H26N4O/c1-2-24-14-15-10-11-22(12-15)13-18-19(16-8-9-16)23(21-20-18)17-6-4-3-5-7-17/h3-7,15-16H,2,8-14H2,1H3. The van der Waals surface area contributed by atoms with Crippen LogP contribution in [0.25, 0.3) is 5.69 Å². The fourth-order valence-corrected chi connectivity index (χ4v) is 3.65. The molecule has 1 unspecified atom stereocenters. The summed E-state index contributed by atoms with van der Waals surface area (Å²) in [6, 6.07) is 10.4. The number of benzene rings is 1. The predicted molar refractivity (Wildman–Crippen MR) is 93.2 cm³/mol. The Balaban J connectivity index is 1.49. The Kier molecular flexibility index (Phi) is 4.63. The molecule has 2 fully saturated rings. The number of aromatic nitrogens is 3. The first kappa shape index (κ1) is 15.8. The zero-order valence-electron chi connectivity index (χ0n) is 14.4. The van der Waals surface area contributed by atoms with Crippen LogP contribution in [-0.2, 0) is 11.3 Å². The van der Waals surface area contributed by atoms with E-state index in [4.69, 9.17) is 4.74 Å². The van der Waals surface area contributed by atoms with Crippen LogP contribution in [0, 0.1) is 5.92 Å². The van der Waals surface area contributed by atoms with Gasteiger partial charge in [0.1, 0.15) is 5.69 Å². The maximum Gasteiger partial charge on any atom is 0.101 e. The third-order valence-corrected chi connectivity index (χ3v) is 5.04. The lowest BCUT2D eigenvalue weighted by Gasteiger charge is -2.15. The van der Waals surface area contributed by atoms with Crippen molar-refractivity contribution in [3.8, 4) is 5.69 Å². The molecule has 5 heteroatoms. The van der Waals surface area contributed by atoms with E-state index < -0.39 is 0 Å². The van der Waals surface area contributed by atoms with E-state index in [1.807, 2.05) is 6.07 Å². The summed E-state index contributed by atoms with van der Waals surface area (Å²) in [6.07, 6.45) is 3.76.